The normalized spacial score (nSPS) is 20.2. The predicted molar refractivity (Wildman–Crippen MR) is 90.1 cm³/mol. The molecule has 1 fully saturated rings. The molecule has 6 nitrogen and oxygen atoms in total. The molecule has 0 radical (unpaired) electrons. The van der Waals surface area contributed by atoms with Crippen LogP contribution in [0, 0.1) is 0 Å². The molecule has 0 bridgehead atoms. The van der Waals surface area contributed by atoms with E-state index >= 15 is 0 Å². The molecule has 0 aliphatic carbocycles. The van der Waals surface area contributed by atoms with Crippen LogP contribution in [0.5, 0.6) is 0 Å². The topological polar surface area (TPSA) is 67.9 Å². The third-order valence-corrected chi connectivity index (χ3v) is 4.03. The first kappa shape index (κ1) is 20.9. The van der Waals surface area contributed by atoms with Crippen molar-refractivity contribution in [1.82, 2.24) is 10.4 Å². The van der Waals surface area contributed by atoms with Gasteiger partial charge in [0.25, 0.3) is 0 Å². The quantitative estimate of drug-likeness (QED) is 0.443. The monoisotopic (exact) mass is 386 g/mol. The fraction of sp³-hybridized carbons (Fsp3) is 0.444. The SMILES string of the molecule is C=CCOC(=O)[C@@H]1CC[C@@H](NOCc2ccccc2)CN1C(=O)C(F)(F)F. The number of esters is 1. The number of carbonyl (C=O) groups is 2. The minimum absolute atomic E-state index is 0.0319. The van der Waals surface area contributed by atoms with Crippen LogP contribution in [0.25, 0.3) is 0 Å². The number of hydroxylamine groups is 1. The Kier molecular flexibility index (Phi) is 7.37. The van der Waals surface area contributed by atoms with Gasteiger partial charge in [-0.3, -0.25) is 9.63 Å². The number of benzene rings is 1. The molecule has 1 aromatic rings. The molecule has 148 valence electrons. The van der Waals surface area contributed by atoms with Crippen LogP contribution in [0.4, 0.5) is 13.2 Å². The lowest BCUT2D eigenvalue weighted by atomic mass is 9.98. The first-order chi connectivity index (χ1) is 12.8. The molecule has 1 aliphatic heterocycles. The molecule has 1 amide bonds. The zero-order valence-electron chi connectivity index (χ0n) is 14.6. The number of hydrogen-bond acceptors (Lipinski definition) is 5. The smallest absolute Gasteiger partial charge is 0.460 e. The summed E-state index contributed by atoms with van der Waals surface area (Å²) in [6, 6.07) is 7.38. The van der Waals surface area contributed by atoms with E-state index in [0.717, 1.165) is 5.56 Å². The van der Waals surface area contributed by atoms with E-state index in [1.54, 1.807) is 0 Å². The molecule has 0 aromatic heterocycles. The molecule has 2 atom stereocenters. The second-order valence-electron chi connectivity index (χ2n) is 6.06. The lowest BCUT2D eigenvalue weighted by Gasteiger charge is -2.38. The Balaban J connectivity index is 1.98. The summed E-state index contributed by atoms with van der Waals surface area (Å²) in [6.07, 6.45) is -3.39. The molecule has 0 unspecified atom stereocenters. The standard InChI is InChI=1S/C18H21F3N2O4/c1-2-10-26-16(24)15-9-8-14(11-23(15)17(25)18(19,20)21)22-27-12-13-6-4-3-5-7-13/h2-7,14-15,22H,1,8-12H2/t14-,15+/m1/s1. The number of carbonyl (C=O) groups excluding carboxylic acids is 2. The van der Waals surface area contributed by atoms with Crippen LogP contribution < -0.4 is 5.48 Å². The number of rotatable bonds is 7. The highest BCUT2D eigenvalue weighted by Crippen LogP contribution is 2.26. The Morgan fingerprint density at radius 1 is 1.26 bits per heavy atom. The van der Waals surface area contributed by atoms with Gasteiger partial charge in [-0.15, -0.1) is 0 Å². The summed E-state index contributed by atoms with van der Waals surface area (Å²) < 4.78 is 43.6. The Morgan fingerprint density at radius 3 is 2.59 bits per heavy atom. The minimum atomic E-state index is -5.08. The van der Waals surface area contributed by atoms with Crippen LogP contribution in [-0.4, -0.2) is 48.2 Å². The second-order valence-corrected chi connectivity index (χ2v) is 6.06. The van der Waals surface area contributed by atoms with Gasteiger partial charge < -0.3 is 9.64 Å². The summed E-state index contributed by atoms with van der Waals surface area (Å²) in [4.78, 5) is 29.6. The van der Waals surface area contributed by atoms with Crippen molar-refractivity contribution in [1.29, 1.82) is 0 Å². The van der Waals surface area contributed by atoms with E-state index in [0.29, 0.717) is 11.3 Å². The van der Waals surface area contributed by atoms with E-state index in [4.69, 9.17) is 9.57 Å². The van der Waals surface area contributed by atoms with Crippen LogP contribution in [-0.2, 0) is 25.8 Å². The van der Waals surface area contributed by atoms with Crippen LogP contribution >= 0.6 is 0 Å². The van der Waals surface area contributed by atoms with Crippen molar-refractivity contribution in [3.8, 4) is 0 Å². The highest BCUT2D eigenvalue weighted by molar-refractivity contribution is 5.88. The summed E-state index contributed by atoms with van der Waals surface area (Å²) in [5, 5.41) is 0. The van der Waals surface area contributed by atoms with Gasteiger partial charge in [-0.1, -0.05) is 43.0 Å². The van der Waals surface area contributed by atoms with Crippen molar-refractivity contribution in [3.05, 3.63) is 48.6 Å². The lowest BCUT2D eigenvalue weighted by Crippen LogP contribution is -2.58. The van der Waals surface area contributed by atoms with Gasteiger partial charge in [-0.05, 0) is 18.4 Å². The summed E-state index contributed by atoms with van der Waals surface area (Å²) in [5.74, 6) is -2.95. The number of piperidine rings is 1. The predicted octanol–water partition coefficient (Wildman–Crippen LogP) is 2.36. The number of nitrogens with one attached hydrogen (secondary N) is 1. The van der Waals surface area contributed by atoms with E-state index in [1.807, 2.05) is 30.3 Å². The molecule has 9 heteroatoms. The molecule has 2 rings (SSSR count). The Morgan fingerprint density at radius 2 is 1.96 bits per heavy atom. The Labute approximate surface area is 154 Å². The molecule has 0 spiro atoms. The summed E-state index contributed by atoms with van der Waals surface area (Å²) in [5.41, 5.74) is 3.56. The van der Waals surface area contributed by atoms with Crippen molar-refractivity contribution >= 4 is 11.9 Å². The van der Waals surface area contributed by atoms with Gasteiger partial charge >= 0.3 is 18.1 Å². The first-order valence-corrected chi connectivity index (χ1v) is 8.39. The Bertz CT molecular complexity index is 652. The van der Waals surface area contributed by atoms with E-state index in [-0.39, 0.29) is 26.2 Å². The Hall–Kier alpha value is -2.39. The van der Waals surface area contributed by atoms with Gasteiger partial charge in [0.1, 0.15) is 12.6 Å². The third kappa shape index (κ3) is 6.07. The zero-order chi connectivity index (χ0) is 19.9. The number of likely N-dealkylation sites (tertiary alicyclic amines) is 1. The fourth-order valence-corrected chi connectivity index (χ4v) is 2.75. The van der Waals surface area contributed by atoms with Crippen LogP contribution in [0.15, 0.2) is 43.0 Å². The zero-order valence-corrected chi connectivity index (χ0v) is 14.6. The number of ether oxygens (including phenoxy) is 1. The van der Waals surface area contributed by atoms with Crippen LogP contribution in [0.1, 0.15) is 18.4 Å². The van der Waals surface area contributed by atoms with Gasteiger partial charge in [0.2, 0.25) is 0 Å². The molecule has 1 aromatic carbocycles. The third-order valence-electron chi connectivity index (χ3n) is 4.03. The minimum Gasteiger partial charge on any atom is -0.460 e. The van der Waals surface area contributed by atoms with Crippen LogP contribution in [0.2, 0.25) is 0 Å². The number of amides is 1. The number of alkyl halides is 3. The average molecular weight is 386 g/mol. The molecule has 1 N–H and O–H groups in total. The molecular weight excluding hydrogens is 365 g/mol. The fourth-order valence-electron chi connectivity index (χ4n) is 2.75. The number of hydrogen-bond donors (Lipinski definition) is 1. The largest absolute Gasteiger partial charge is 0.471 e. The number of halogens is 3. The van der Waals surface area contributed by atoms with Crippen molar-refractivity contribution in [2.24, 2.45) is 0 Å². The van der Waals surface area contributed by atoms with Gasteiger partial charge in [0.05, 0.1) is 6.61 Å². The first-order valence-electron chi connectivity index (χ1n) is 8.39. The van der Waals surface area contributed by atoms with Crippen LogP contribution in [0.3, 0.4) is 0 Å². The van der Waals surface area contributed by atoms with Crippen molar-refractivity contribution < 1.29 is 32.3 Å². The van der Waals surface area contributed by atoms with Gasteiger partial charge in [0, 0.05) is 12.6 Å². The van der Waals surface area contributed by atoms with E-state index in [1.165, 1.54) is 6.08 Å². The molecule has 1 aliphatic rings. The lowest BCUT2D eigenvalue weighted by molar-refractivity contribution is -0.193. The summed E-state index contributed by atoms with van der Waals surface area (Å²) >= 11 is 0. The van der Waals surface area contributed by atoms with Crippen molar-refractivity contribution in [2.75, 3.05) is 13.2 Å². The maximum Gasteiger partial charge on any atom is 0.471 e. The molecule has 1 saturated heterocycles. The molecule has 27 heavy (non-hydrogen) atoms. The second kappa shape index (κ2) is 9.52. The van der Waals surface area contributed by atoms with E-state index in [2.05, 4.69) is 12.1 Å². The maximum atomic E-state index is 12.9. The maximum absolute atomic E-state index is 12.9. The molecular formula is C18H21F3N2O4. The number of nitrogens with zero attached hydrogens (tertiary/aromatic N) is 1. The van der Waals surface area contributed by atoms with Gasteiger partial charge in [-0.25, -0.2) is 4.79 Å². The van der Waals surface area contributed by atoms with Crippen molar-refractivity contribution in [3.63, 3.8) is 0 Å². The van der Waals surface area contributed by atoms with E-state index < -0.39 is 30.1 Å². The average Bonchev–Trinajstić information content (AvgIpc) is 2.65. The van der Waals surface area contributed by atoms with Gasteiger partial charge in [-0.2, -0.15) is 18.7 Å². The molecule has 1 heterocycles. The highest BCUT2D eigenvalue weighted by Gasteiger charge is 2.48. The van der Waals surface area contributed by atoms with Gasteiger partial charge in [0.15, 0.2) is 0 Å². The summed E-state index contributed by atoms with van der Waals surface area (Å²) in [7, 11) is 0. The molecule has 0 saturated carbocycles. The van der Waals surface area contributed by atoms with Crippen molar-refractivity contribution in [2.45, 2.75) is 37.7 Å². The highest BCUT2D eigenvalue weighted by atomic mass is 19.4. The summed E-state index contributed by atoms with van der Waals surface area (Å²) in [6.45, 7) is 3.14. The van der Waals surface area contributed by atoms with E-state index in [9.17, 15) is 22.8 Å².